The summed E-state index contributed by atoms with van der Waals surface area (Å²) in [5.74, 6) is 0.944. The predicted octanol–water partition coefficient (Wildman–Crippen LogP) is 3.84. The van der Waals surface area contributed by atoms with Gasteiger partial charge >= 0.3 is 0 Å². The van der Waals surface area contributed by atoms with Crippen molar-refractivity contribution in [2.45, 2.75) is 45.1 Å². The fraction of sp³-hybridized carbons (Fsp3) is 0.529. The van der Waals surface area contributed by atoms with E-state index < -0.39 is 0 Å². The van der Waals surface area contributed by atoms with Gasteiger partial charge in [-0.3, -0.25) is 0 Å². The molecule has 0 aromatic heterocycles. The molecule has 0 aliphatic carbocycles. The normalized spacial score (nSPS) is 20.1. The van der Waals surface area contributed by atoms with E-state index in [1.54, 1.807) is 0 Å². The topological polar surface area (TPSA) is 35.2 Å². The zero-order chi connectivity index (χ0) is 13.7. The minimum absolute atomic E-state index is 0.0673. The van der Waals surface area contributed by atoms with Crippen molar-refractivity contribution in [3.8, 4) is 0 Å². The molecular weight excluding hydrogens is 234 g/mol. The second-order valence-electron chi connectivity index (χ2n) is 5.51. The molecule has 2 nitrogen and oxygen atoms in total. The van der Waals surface area contributed by atoms with E-state index in [4.69, 9.17) is 10.5 Å². The fourth-order valence-electron chi connectivity index (χ4n) is 2.88. The quantitative estimate of drug-likeness (QED) is 0.872. The highest BCUT2D eigenvalue weighted by molar-refractivity contribution is 5.27. The smallest absolute Gasteiger partial charge is 0.0876 e. The van der Waals surface area contributed by atoms with Crippen LogP contribution in [0.25, 0.3) is 0 Å². The zero-order valence-electron chi connectivity index (χ0n) is 12.0. The summed E-state index contributed by atoms with van der Waals surface area (Å²) in [5, 5.41) is 0. The molecule has 19 heavy (non-hydrogen) atoms. The number of nitrogens with two attached hydrogens (primary N) is 1. The summed E-state index contributed by atoms with van der Waals surface area (Å²) in [6.45, 7) is 5.36. The van der Waals surface area contributed by atoms with Crippen molar-refractivity contribution < 1.29 is 4.74 Å². The van der Waals surface area contributed by atoms with Crippen molar-refractivity contribution in [2.75, 3.05) is 6.61 Å². The average molecular weight is 259 g/mol. The maximum atomic E-state index is 6.55. The first kappa shape index (κ1) is 14.1. The number of hydrogen-bond donors (Lipinski definition) is 1. The van der Waals surface area contributed by atoms with Gasteiger partial charge in [0.2, 0.25) is 0 Å². The van der Waals surface area contributed by atoms with Crippen LogP contribution in [0.4, 0.5) is 0 Å². The van der Waals surface area contributed by atoms with Crippen LogP contribution in [0.15, 0.2) is 42.2 Å². The molecule has 0 amide bonds. The Kier molecular flexibility index (Phi) is 5.03. The third-order valence-corrected chi connectivity index (χ3v) is 4.22. The number of benzene rings is 1. The van der Waals surface area contributed by atoms with Crippen LogP contribution < -0.4 is 5.73 Å². The maximum absolute atomic E-state index is 6.55. The molecule has 104 valence electrons. The standard InChI is InChI=1S/C17H25NO/c1-3-13(2)16(14-8-5-4-6-9-14)17(18)15-10-7-11-19-12-15/h4-6,8-9,12-13,16-17H,3,7,10-11,18H2,1-2H3. The summed E-state index contributed by atoms with van der Waals surface area (Å²) in [4.78, 5) is 0. The Morgan fingerprint density at radius 2 is 2.00 bits per heavy atom. The minimum Gasteiger partial charge on any atom is -0.501 e. The van der Waals surface area contributed by atoms with Gasteiger partial charge in [-0.05, 0) is 29.9 Å². The molecule has 0 saturated carbocycles. The first-order chi connectivity index (χ1) is 9.24. The van der Waals surface area contributed by atoms with Crippen molar-refractivity contribution in [1.29, 1.82) is 0 Å². The lowest BCUT2D eigenvalue weighted by Gasteiger charge is -2.32. The van der Waals surface area contributed by atoms with Gasteiger partial charge in [0.25, 0.3) is 0 Å². The van der Waals surface area contributed by atoms with Gasteiger partial charge in [-0.2, -0.15) is 0 Å². The summed E-state index contributed by atoms with van der Waals surface area (Å²) in [7, 11) is 0. The molecule has 1 aliphatic rings. The van der Waals surface area contributed by atoms with E-state index in [-0.39, 0.29) is 6.04 Å². The molecule has 0 bridgehead atoms. The molecule has 3 atom stereocenters. The minimum atomic E-state index is 0.0673. The van der Waals surface area contributed by atoms with Crippen LogP contribution in [0.2, 0.25) is 0 Å². The van der Waals surface area contributed by atoms with Gasteiger partial charge in [0.1, 0.15) is 0 Å². The van der Waals surface area contributed by atoms with E-state index in [0.717, 1.165) is 25.9 Å². The van der Waals surface area contributed by atoms with Gasteiger partial charge < -0.3 is 10.5 Å². The molecule has 1 heterocycles. The van der Waals surface area contributed by atoms with E-state index in [1.165, 1.54) is 11.1 Å². The Morgan fingerprint density at radius 1 is 1.26 bits per heavy atom. The number of ether oxygens (including phenoxy) is 1. The van der Waals surface area contributed by atoms with Crippen LogP contribution >= 0.6 is 0 Å². The highest BCUT2D eigenvalue weighted by Gasteiger charge is 2.28. The molecule has 0 spiro atoms. The summed E-state index contributed by atoms with van der Waals surface area (Å²) in [6.07, 6.45) is 5.19. The number of hydrogen-bond acceptors (Lipinski definition) is 2. The monoisotopic (exact) mass is 259 g/mol. The van der Waals surface area contributed by atoms with Gasteiger partial charge in [0, 0.05) is 12.0 Å². The summed E-state index contributed by atoms with van der Waals surface area (Å²) in [6, 6.07) is 10.7. The van der Waals surface area contributed by atoms with Crippen molar-refractivity contribution in [1.82, 2.24) is 0 Å². The molecule has 0 radical (unpaired) electrons. The SMILES string of the molecule is CCC(C)C(c1ccccc1)C(N)C1=COCCC1. The zero-order valence-corrected chi connectivity index (χ0v) is 12.0. The largest absolute Gasteiger partial charge is 0.501 e. The van der Waals surface area contributed by atoms with Gasteiger partial charge in [-0.1, -0.05) is 50.6 Å². The van der Waals surface area contributed by atoms with Gasteiger partial charge in [-0.15, -0.1) is 0 Å². The van der Waals surface area contributed by atoms with Crippen molar-refractivity contribution in [3.05, 3.63) is 47.7 Å². The van der Waals surface area contributed by atoms with Crippen molar-refractivity contribution >= 4 is 0 Å². The fourth-order valence-corrected chi connectivity index (χ4v) is 2.88. The lowest BCUT2D eigenvalue weighted by atomic mass is 9.77. The molecule has 1 aliphatic heterocycles. The Bertz CT molecular complexity index is 413. The van der Waals surface area contributed by atoms with E-state index in [1.807, 2.05) is 6.26 Å². The molecule has 0 fully saturated rings. The first-order valence-corrected chi connectivity index (χ1v) is 7.35. The van der Waals surface area contributed by atoms with Crippen LogP contribution in [0.3, 0.4) is 0 Å². The molecule has 1 aromatic carbocycles. The van der Waals surface area contributed by atoms with Crippen LogP contribution in [-0.4, -0.2) is 12.6 Å². The van der Waals surface area contributed by atoms with Crippen LogP contribution in [0, 0.1) is 5.92 Å². The first-order valence-electron chi connectivity index (χ1n) is 7.35. The third kappa shape index (κ3) is 3.38. The molecule has 1 aromatic rings. The van der Waals surface area contributed by atoms with Crippen molar-refractivity contribution in [3.63, 3.8) is 0 Å². The summed E-state index contributed by atoms with van der Waals surface area (Å²) >= 11 is 0. The number of rotatable bonds is 5. The molecular formula is C17H25NO. The summed E-state index contributed by atoms with van der Waals surface area (Å²) < 4.78 is 5.46. The molecule has 3 unspecified atom stereocenters. The molecule has 0 saturated heterocycles. The highest BCUT2D eigenvalue weighted by atomic mass is 16.5. The van der Waals surface area contributed by atoms with E-state index in [0.29, 0.717) is 11.8 Å². The van der Waals surface area contributed by atoms with Crippen LogP contribution in [-0.2, 0) is 4.74 Å². The Morgan fingerprint density at radius 3 is 2.58 bits per heavy atom. The Balaban J connectivity index is 2.25. The van der Waals surface area contributed by atoms with E-state index >= 15 is 0 Å². The van der Waals surface area contributed by atoms with Crippen LogP contribution in [0.5, 0.6) is 0 Å². The molecule has 2 heteroatoms. The van der Waals surface area contributed by atoms with Gasteiger partial charge in [-0.25, -0.2) is 0 Å². The maximum Gasteiger partial charge on any atom is 0.0876 e. The second-order valence-corrected chi connectivity index (χ2v) is 5.51. The second kappa shape index (κ2) is 6.76. The van der Waals surface area contributed by atoms with Gasteiger partial charge in [0.15, 0.2) is 0 Å². The van der Waals surface area contributed by atoms with E-state index in [9.17, 15) is 0 Å². The third-order valence-electron chi connectivity index (χ3n) is 4.22. The Hall–Kier alpha value is -1.28. The van der Waals surface area contributed by atoms with Crippen LogP contribution in [0.1, 0.15) is 44.6 Å². The highest BCUT2D eigenvalue weighted by Crippen LogP contribution is 2.34. The van der Waals surface area contributed by atoms with Crippen molar-refractivity contribution in [2.24, 2.45) is 11.7 Å². The summed E-state index contributed by atoms with van der Waals surface area (Å²) in [5.41, 5.74) is 9.16. The lowest BCUT2D eigenvalue weighted by Crippen LogP contribution is -2.35. The molecule has 2 N–H and O–H groups in total. The van der Waals surface area contributed by atoms with E-state index in [2.05, 4.69) is 44.2 Å². The average Bonchev–Trinajstić information content (AvgIpc) is 2.49. The predicted molar refractivity (Wildman–Crippen MR) is 79.9 cm³/mol. The van der Waals surface area contributed by atoms with Gasteiger partial charge in [0.05, 0.1) is 12.9 Å². The Labute approximate surface area is 116 Å². The molecule has 2 rings (SSSR count). The lowest BCUT2D eigenvalue weighted by molar-refractivity contribution is 0.217.